The van der Waals surface area contributed by atoms with Crippen LogP contribution in [0.1, 0.15) is 18.9 Å². The van der Waals surface area contributed by atoms with E-state index < -0.39 is 0 Å². The summed E-state index contributed by atoms with van der Waals surface area (Å²) in [6.45, 7) is 6.41. The predicted molar refractivity (Wildman–Crippen MR) is 91.8 cm³/mol. The second kappa shape index (κ2) is 6.30. The van der Waals surface area contributed by atoms with Gasteiger partial charge in [-0.2, -0.15) is 0 Å². The van der Waals surface area contributed by atoms with Gasteiger partial charge in [0.2, 0.25) is 0 Å². The number of rotatable bonds is 5. The summed E-state index contributed by atoms with van der Waals surface area (Å²) < 4.78 is 0. The minimum atomic E-state index is -0.316. The lowest BCUT2D eigenvalue weighted by atomic mass is 9.87. The average Bonchev–Trinajstić information content (AvgIpc) is 2.47. The van der Waals surface area contributed by atoms with Crippen LogP contribution in [0.15, 0.2) is 53.5 Å². The Balaban J connectivity index is 2.44. The summed E-state index contributed by atoms with van der Waals surface area (Å²) in [6.07, 6.45) is 0.795. The summed E-state index contributed by atoms with van der Waals surface area (Å²) in [7, 11) is 2.73. The van der Waals surface area contributed by atoms with Crippen LogP contribution in [0.25, 0.3) is 11.1 Å². The van der Waals surface area contributed by atoms with Crippen molar-refractivity contribution in [3.63, 3.8) is 0 Å². The van der Waals surface area contributed by atoms with Gasteiger partial charge in [0, 0.05) is 0 Å². The molecule has 2 nitrogen and oxygen atoms in total. The first-order chi connectivity index (χ1) is 9.59. The number of aliphatic imine (C=N–C) groups is 1. The SMILES string of the molecule is C=NC(C)(CCN)c1cccc(-c2cccc(P)c2)c1. The molecule has 0 bridgehead atoms. The van der Waals surface area contributed by atoms with Crippen LogP contribution >= 0.6 is 9.24 Å². The number of nitrogens with two attached hydrogens (primary N) is 1. The van der Waals surface area contributed by atoms with Crippen LogP contribution in [0.5, 0.6) is 0 Å². The summed E-state index contributed by atoms with van der Waals surface area (Å²) in [4.78, 5) is 4.30. The highest BCUT2D eigenvalue weighted by Crippen LogP contribution is 2.31. The molecule has 0 spiro atoms. The Kier molecular flexibility index (Phi) is 4.69. The molecular formula is C17H21N2P. The number of hydrogen-bond acceptors (Lipinski definition) is 2. The lowest BCUT2D eigenvalue weighted by Gasteiger charge is -2.25. The van der Waals surface area contributed by atoms with Gasteiger partial charge in [0.05, 0.1) is 5.54 Å². The highest BCUT2D eigenvalue weighted by Gasteiger charge is 2.23. The monoisotopic (exact) mass is 284 g/mol. The first-order valence-electron chi connectivity index (χ1n) is 6.73. The van der Waals surface area contributed by atoms with Crippen molar-refractivity contribution < 1.29 is 0 Å². The molecule has 0 heterocycles. The minimum Gasteiger partial charge on any atom is -0.330 e. The van der Waals surface area contributed by atoms with E-state index in [4.69, 9.17) is 5.73 Å². The maximum Gasteiger partial charge on any atom is 0.0833 e. The third kappa shape index (κ3) is 3.15. The van der Waals surface area contributed by atoms with Crippen LogP contribution in [-0.4, -0.2) is 13.3 Å². The zero-order valence-corrected chi connectivity index (χ0v) is 13.0. The Morgan fingerprint density at radius 1 is 1.15 bits per heavy atom. The number of nitrogens with zero attached hydrogens (tertiary/aromatic N) is 1. The van der Waals surface area contributed by atoms with Crippen molar-refractivity contribution in [3.8, 4) is 11.1 Å². The molecule has 2 aromatic rings. The lowest BCUT2D eigenvalue weighted by molar-refractivity contribution is 0.467. The molecule has 0 saturated heterocycles. The van der Waals surface area contributed by atoms with E-state index in [0.717, 1.165) is 12.0 Å². The summed E-state index contributed by atoms with van der Waals surface area (Å²) in [5.74, 6) is 0. The Bertz CT molecular complexity index is 609. The maximum atomic E-state index is 5.71. The zero-order chi connectivity index (χ0) is 14.6. The van der Waals surface area contributed by atoms with Gasteiger partial charge in [-0.1, -0.05) is 36.4 Å². The fourth-order valence-electron chi connectivity index (χ4n) is 2.35. The van der Waals surface area contributed by atoms with Crippen molar-refractivity contribution in [2.24, 2.45) is 10.7 Å². The third-order valence-corrected chi connectivity index (χ3v) is 4.04. The van der Waals surface area contributed by atoms with E-state index in [2.05, 4.69) is 76.4 Å². The maximum absolute atomic E-state index is 5.71. The zero-order valence-electron chi connectivity index (χ0n) is 11.8. The van der Waals surface area contributed by atoms with Crippen molar-refractivity contribution >= 4 is 21.3 Å². The van der Waals surface area contributed by atoms with Crippen molar-refractivity contribution in [2.75, 3.05) is 6.54 Å². The van der Waals surface area contributed by atoms with E-state index in [1.807, 2.05) is 0 Å². The molecule has 20 heavy (non-hydrogen) atoms. The molecule has 2 rings (SSSR count). The largest absolute Gasteiger partial charge is 0.330 e. The van der Waals surface area contributed by atoms with Crippen LogP contribution in [-0.2, 0) is 5.54 Å². The Morgan fingerprint density at radius 3 is 2.40 bits per heavy atom. The fourth-order valence-corrected chi connectivity index (χ4v) is 2.64. The predicted octanol–water partition coefficient (Wildman–Crippen LogP) is 3.12. The van der Waals surface area contributed by atoms with Crippen LogP contribution < -0.4 is 11.0 Å². The molecule has 0 aliphatic rings. The molecule has 0 aromatic heterocycles. The standard InChI is InChI=1S/C17H21N2P/c1-17(19-2,9-10-18)15-7-3-5-13(11-15)14-6-4-8-16(20)12-14/h3-8,11-12H,2,9-10,18,20H2,1H3. The van der Waals surface area contributed by atoms with E-state index in [1.54, 1.807) is 0 Å². The summed E-state index contributed by atoms with van der Waals surface area (Å²) >= 11 is 0. The van der Waals surface area contributed by atoms with Crippen molar-refractivity contribution in [1.82, 2.24) is 0 Å². The first kappa shape index (κ1) is 14.9. The van der Waals surface area contributed by atoms with Crippen LogP contribution in [0, 0.1) is 0 Å². The third-order valence-electron chi connectivity index (χ3n) is 3.68. The molecule has 2 aromatic carbocycles. The van der Waals surface area contributed by atoms with Crippen LogP contribution in [0.2, 0.25) is 0 Å². The molecule has 0 aliphatic heterocycles. The molecule has 0 saturated carbocycles. The number of hydrogen-bond donors (Lipinski definition) is 1. The van der Waals surface area contributed by atoms with Gasteiger partial charge in [-0.3, -0.25) is 4.99 Å². The molecule has 2 N–H and O–H groups in total. The molecule has 2 unspecified atom stereocenters. The Morgan fingerprint density at radius 2 is 1.80 bits per heavy atom. The van der Waals surface area contributed by atoms with E-state index in [0.29, 0.717) is 6.54 Å². The quantitative estimate of drug-likeness (QED) is 0.665. The number of benzene rings is 2. The first-order valence-corrected chi connectivity index (χ1v) is 7.31. The van der Waals surface area contributed by atoms with Gasteiger partial charge in [-0.15, -0.1) is 9.24 Å². The second-order valence-corrected chi connectivity index (χ2v) is 5.84. The van der Waals surface area contributed by atoms with Gasteiger partial charge in [-0.25, -0.2) is 0 Å². The van der Waals surface area contributed by atoms with Crippen molar-refractivity contribution in [2.45, 2.75) is 18.9 Å². The minimum absolute atomic E-state index is 0.316. The van der Waals surface area contributed by atoms with E-state index in [1.165, 1.54) is 16.4 Å². The Hall–Kier alpha value is -1.50. The summed E-state index contributed by atoms with van der Waals surface area (Å²) in [6, 6.07) is 16.9. The molecule has 0 aliphatic carbocycles. The van der Waals surface area contributed by atoms with Gasteiger partial charge >= 0.3 is 0 Å². The normalized spacial score (nSPS) is 13.8. The summed E-state index contributed by atoms with van der Waals surface area (Å²) in [5, 5.41) is 1.18. The van der Waals surface area contributed by atoms with Crippen LogP contribution in [0.3, 0.4) is 0 Å². The van der Waals surface area contributed by atoms with Crippen molar-refractivity contribution in [3.05, 3.63) is 54.1 Å². The van der Waals surface area contributed by atoms with E-state index >= 15 is 0 Å². The molecule has 0 radical (unpaired) electrons. The van der Waals surface area contributed by atoms with Gasteiger partial charge in [0.1, 0.15) is 0 Å². The Labute approximate surface area is 123 Å². The highest BCUT2D eigenvalue weighted by molar-refractivity contribution is 7.27. The van der Waals surface area contributed by atoms with Gasteiger partial charge in [0.25, 0.3) is 0 Å². The molecule has 0 fully saturated rings. The highest BCUT2D eigenvalue weighted by atomic mass is 31.0. The second-order valence-electron chi connectivity index (χ2n) is 5.18. The fraction of sp³-hybridized carbons (Fsp3) is 0.235. The van der Waals surface area contributed by atoms with Gasteiger partial charge < -0.3 is 5.73 Å². The molecular weight excluding hydrogens is 263 g/mol. The average molecular weight is 284 g/mol. The molecule has 2 atom stereocenters. The molecule has 0 amide bonds. The topological polar surface area (TPSA) is 38.4 Å². The van der Waals surface area contributed by atoms with Crippen molar-refractivity contribution in [1.29, 1.82) is 0 Å². The van der Waals surface area contributed by atoms with E-state index in [-0.39, 0.29) is 5.54 Å². The van der Waals surface area contributed by atoms with Gasteiger partial charge in [-0.05, 0) is 60.7 Å². The smallest absolute Gasteiger partial charge is 0.0833 e. The summed E-state index contributed by atoms with van der Waals surface area (Å²) in [5.41, 5.74) is 8.95. The van der Waals surface area contributed by atoms with E-state index in [9.17, 15) is 0 Å². The van der Waals surface area contributed by atoms with Crippen LogP contribution in [0.4, 0.5) is 0 Å². The molecule has 3 heteroatoms. The lowest BCUT2D eigenvalue weighted by Crippen LogP contribution is -2.23. The van der Waals surface area contributed by atoms with Gasteiger partial charge in [0.15, 0.2) is 0 Å². The molecule has 104 valence electrons.